The van der Waals surface area contributed by atoms with E-state index in [1.54, 1.807) is 0 Å². The highest BCUT2D eigenvalue weighted by Gasteiger charge is 2.18. The molecule has 0 aliphatic carbocycles. The van der Waals surface area contributed by atoms with Crippen LogP contribution in [-0.4, -0.2) is 15.9 Å². The van der Waals surface area contributed by atoms with Gasteiger partial charge in [-0.05, 0) is 6.07 Å². The molecule has 0 aromatic heterocycles. The number of rotatable bonds is 3. The number of hydrogen-bond acceptors (Lipinski definition) is 4. The first-order valence-electron chi connectivity index (χ1n) is 4.26. The van der Waals surface area contributed by atoms with Crippen LogP contribution in [0.3, 0.4) is 0 Å². The number of carbonyl (C=O) groups excluding carboxylic acids is 1. The molecule has 82 valence electrons. The number of amides is 1. The number of nitro benzene ring substituents is 1. The van der Waals surface area contributed by atoms with E-state index in [0.29, 0.717) is 0 Å². The summed E-state index contributed by atoms with van der Waals surface area (Å²) in [6.45, 7) is 0. The summed E-state index contributed by atoms with van der Waals surface area (Å²) in [4.78, 5) is 21.1. The molecule has 0 saturated heterocycles. The second-order valence-electron chi connectivity index (χ2n) is 2.86. The Morgan fingerprint density at radius 3 is 2.88 bits per heavy atom. The number of anilines is 1. The van der Waals surface area contributed by atoms with Crippen LogP contribution in [0.1, 0.15) is 6.42 Å². The second-order valence-corrected chi connectivity index (χ2v) is 2.86. The molecule has 0 radical (unpaired) electrons. The highest BCUT2D eigenvalue weighted by Crippen LogP contribution is 2.32. The van der Waals surface area contributed by atoms with Gasteiger partial charge in [0.05, 0.1) is 11.3 Å². The van der Waals surface area contributed by atoms with Gasteiger partial charge in [0.1, 0.15) is 5.75 Å². The third-order valence-corrected chi connectivity index (χ3v) is 1.74. The first-order chi connectivity index (χ1) is 7.56. The number of nitrogens with one attached hydrogen (secondary N) is 1. The van der Waals surface area contributed by atoms with Gasteiger partial charge in [-0.3, -0.25) is 14.9 Å². The molecule has 1 aromatic rings. The molecule has 2 N–H and O–H groups in total. The summed E-state index contributed by atoms with van der Waals surface area (Å²) in [5, 5.41) is 22.2. The van der Waals surface area contributed by atoms with Crippen LogP contribution in [0.2, 0.25) is 0 Å². The molecule has 0 spiro atoms. The largest absolute Gasteiger partial charge is 0.505 e. The number of para-hydroxylation sites is 1. The number of aromatic hydroxyl groups is 1. The van der Waals surface area contributed by atoms with Gasteiger partial charge in [0.2, 0.25) is 5.91 Å². The molecule has 0 saturated carbocycles. The van der Waals surface area contributed by atoms with Crippen molar-refractivity contribution in [3.63, 3.8) is 0 Å². The highest BCUT2D eigenvalue weighted by molar-refractivity contribution is 5.96. The normalized spacial score (nSPS) is 9.19. The standard InChI is InChI=1S/C10H8N2O4/c1-2-4-9(14)11-10-7(12(15)16)5-3-6-8(10)13/h1,3,5-6,13H,4H2,(H,11,14). The predicted molar refractivity (Wildman–Crippen MR) is 56.8 cm³/mol. The van der Waals surface area contributed by atoms with Crippen LogP contribution in [0.25, 0.3) is 0 Å². The van der Waals surface area contributed by atoms with E-state index in [9.17, 15) is 20.0 Å². The Morgan fingerprint density at radius 2 is 2.31 bits per heavy atom. The molecule has 0 atom stereocenters. The van der Waals surface area contributed by atoms with Crippen molar-refractivity contribution in [2.45, 2.75) is 6.42 Å². The van der Waals surface area contributed by atoms with Crippen molar-refractivity contribution in [2.75, 3.05) is 5.32 Å². The maximum absolute atomic E-state index is 11.2. The Hall–Kier alpha value is -2.55. The van der Waals surface area contributed by atoms with Crippen LogP contribution in [0.5, 0.6) is 5.75 Å². The average Bonchev–Trinajstić information content (AvgIpc) is 2.21. The molecule has 6 heteroatoms. The van der Waals surface area contributed by atoms with Gasteiger partial charge in [0, 0.05) is 6.07 Å². The van der Waals surface area contributed by atoms with Gasteiger partial charge < -0.3 is 10.4 Å². The van der Waals surface area contributed by atoms with E-state index >= 15 is 0 Å². The van der Waals surface area contributed by atoms with Crippen LogP contribution in [-0.2, 0) is 4.79 Å². The molecule has 16 heavy (non-hydrogen) atoms. The van der Waals surface area contributed by atoms with Crippen LogP contribution < -0.4 is 5.32 Å². The lowest BCUT2D eigenvalue weighted by molar-refractivity contribution is -0.384. The SMILES string of the molecule is C#CCC(=O)Nc1c(O)cccc1[N+](=O)[O-]. The number of nitro groups is 1. The van der Waals surface area contributed by atoms with E-state index < -0.39 is 10.8 Å². The number of hydrogen-bond donors (Lipinski definition) is 2. The van der Waals surface area contributed by atoms with Crippen molar-refractivity contribution in [3.8, 4) is 18.1 Å². The van der Waals surface area contributed by atoms with Gasteiger partial charge >= 0.3 is 0 Å². The summed E-state index contributed by atoms with van der Waals surface area (Å²) in [5.41, 5.74) is -0.627. The maximum atomic E-state index is 11.2. The Labute approximate surface area is 91.0 Å². The lowest BCUT2D eigenvalue weighted by Crippen LogP contribution is -2.11. The fourth-order valence-corrected chi connectivity index (χ4v) is 1.08. The molecule has 1 amide bonds. The van der Waals surface area contributed by atoms with Gasteiger partial charge in [0.25, 0.3) is 5.69 Å². The smallest absolute Gasteiger partial charge is 0.296 e. The molecule has 0 unspecified atom stereocenters. The zero-order chi connectivity index (χ0) is 12.1. The monoisotopic (exact) mass is 220 g/mol. The van der Waals surface area contributed by atoms with Crippen LogP contribution in [0.15, 0.2) is 18.2 Å². The predicted octanol–water partition coefficient (Wildman–Crippen LogP) is 1.26. The number of benzene rings is 1. The van der Waals surface area contributed by atoms with E-state index in [4.69, 9.17) is 6.42 Å². The Kier molecular flexibility index (Phi) is 3.45. The molecular formula is C10H8N2O4. The first kappa shape index (κ1) is 11.5. The van der Waals surface area contributed by atoms with Gasteiger partial charge in [-0.2, -0.15) is 0 Å². The molecule has 0 bridgehead atoms. The van der Waals surface area contributed by atoms with Crippen molar-refractivity contribution in [1.82, 2.24) is 0 Å². The molecule has 1 rings (SSSR count). The number of terminal acetylenes is 1. The molecule has 0 aliphatic heterocycles. The quantitative estimate of drug-likeness (QED) is 0.347. The molecule has 1 aromatic carbocycles. The van der Waals surface area contributed by atoms with E-state index in [1.807, 2.05) is 0 Å². The molecular weight excluding hydrogens is 212 g/mol. The summed E-state index contributed by atoms with van der Waals surface area (Å²) >= 11 is 0. The minimum atomic E-state index is -0.703. The van der Waals surface area contributed by atoms with Crippen molar-refractivity contribution >= 4 is 17.3 Å². The average molecular weight is 220 g/mol. The molecule has 6 nitrogen and oxygen atoms in total. The summed E-state index contributed by atoms with van der Waals surface area (Å²) < 4.78 is 0. The van der Waals surface area contributed by atoms with E-state index in [0.717, 1.165) is 0 Å². The van der Waals surface area contributed by atoms with Gasteiger partial charge in [-0.25, -0.2) is 0 Å². The van der Waals surface area contributed by atoms with Crippen molar-refractivity contribution < 1.29 is 14.8 Å². The van der Waals surface area contributed by atoms with Gasteiger partial charge in [0.15, 0.2) is 5.69 Å². The van der Waals surface area contributed by atoms with Crippen LogP contribution in [0.4, 0.5) is 11.4 Å². The molecule has 0 fully saturated rings. The third kappa shape index (κ3) is 2.48. The lowest BCUT2D eigenvalue weighted by atomic mass is 10.2. The molecule has 0 aliphatic rings. The zero-order valence-electron chi connectivity index (χ0n) is 8.14. The van der Waals surface area contributed by atoms with Crippen molar-refractivity contribution in [1.29, 1.82) is 0 Å². The number of carbonyl (C=O) groups is 1. The van der Waals surface area contributed by atoms with Crippen molar-refractivity contribution in [3.05, 3.63) is 28.3 Å². The molecule has 0 heterocycles. The van der Waals surface area contributed by atoms with Crippen LogP contribution >= 0.6 is 0 Å². The first-order valence-corrected chi connectivity index (χ1v) is 4.26. The summed E-state index contributed by atoms with van der Waals surface area (Å²) in [6.07, 6.45) is 4.70. The second kappa shape index (κ2) is 4.79. The van der Waals surface area contributed by atoms with E-state index in [-0.39, 0.29) is 23.5 Å². The fraction of sp³-hybridized carbons (Fsp3) is 0.100. The van der Waals surface area contributed by atoms with E-state index in [1.165, 1.54) is 18.2 Å². The van der Waals surface area contributed by atoms with Crippen molar-refractivity contribution in [2.24, 2.45) is 0 Å². The number of phenolic OH excluding ortho intramolecular Hbond substituents is 1. The fourth-order valence-electron chi connectivity index (χ4n) is 1.08. The summed E-state index contributed by atoms with van der Waals surface area (Å²) in [5.74, 6) is 1.13. The third-order valence-electron chi connectivity index (χ3n) is 1.74. The van der Waals surface area contributed by atoms with E-state index in [2.05, 4.69) is 11.2 Å². The Balaban J connectivity index is 3.07. The Bertz CT molecular complexity index is 476. The highest BCUT2D eigenvalue weighted by atomic mass is 16.6. The summed E-state index contributed by atoms with van der Waals surface area (Å²) in [7, 11) is 0. The summed E-state index contributed by atoms with van der Waals surface area (Å²) in [6, 6.07) is 3.72. The van der Waals surface area contributed by atoms with Gasteiger partial charge in [-0.1, -0.05) is 12.0 Å². The number of nitrogens with zero attached hydrogens (tertiary/aromatic N) is 1. The Morgan fingerprint density at radius 1 is 1.62 bits per heavy atom. The number of phenols is 1. The maximum Gasteiger partial charge on any atom is 0.296 e. The minimum absolute atomic E-state index is 0.217. The lowest BCUT2D eigenvalue weighted by Gasteiger charge is -2.05. The van der Waals surface area contributed by atoms with Crippen LogP contribution in [0, 0.1) is 22.5 Å². The zero-order valence-corrected chi connectivity index (χ0v) is 8.14. The minimum Gasteiger partial charge on any atom is -0.505 e. The van der Waals surface area contributed by atoms with Gasteiger partial charge in [-0.15, -0.1) is 6.42 Å². The topological polar surface area (TPSA) is 92.5 Å².